The number of imide groups is 1. The Labute approximate surface area is 165 Å². The Bertz CT molecular complexity index is 683. The van der Waals surface area contributed by atoms with Crippen LogP contribution < -0.4 is 10.6 Å². The van der Waals surface area contributed by atoms with Gasteiger partial charge in [0.2, 0.25) is 17.7 Å². The summed E-state index contributed by atoms with van der Waals surface area (Å²) >= 11 is 0. The van der Waals surface area contributed by atoms with E-state index in [-0.39, 0.29) is 47.9 Å². The molecule has 2 heterocycles. The molecule has 1 saturated carbocycles. The summed E-state index contributed by atoms with van der Waals surface area (Å²) in [6.07, 6.45) is 7.27. The molecule has 0 aromatic rings. The van der Waals surface area contributed by atoms with Crippen LogP contribution in [-0.2, 0) is 14.4 Å². The summed E-state index contributed by atoms with van der Waals surface area (Å²) < 4.78 is 0. The van der Waals surface area contributed by atoms with Gasteiger partial charge < -0.3 is 15.5 Å². The maximum Gasteiger partial charge on any atom is 0.244 e. The summed E-state index contributed by atoms with van der Waals surface area (Å²) in [5, 5.41) is 6.25. The maximum atomic E-state index is 12.7. The van der Waals surface area contributed by atoms with Crippen molar-refractivity contribution in [2.75, 3.05) is 39.3 Å². The summed E-state index contributed by atoms with van der Waals surface area (Å²) in [5.41, 5.74) is 0. The van der Waals surface area contributed by atoms with Crippen molar-refractivity contribution in [1.29, 1.82) is 0 Å². The third kappa shape index (κ3) is 3.40. The molecular weight excluding hydrogens is 358 g/mol. The van der Waals surface area contributed by atoms with E-state index < -0.39 is 0 Å². The highest BCUT2D eigenvalue weighted by atomic mass is 16.2. The highest BCUT2D eigenvalue weighted by molar-refractivity contribution is 6.06. The topological polar surface area (TPSA) is 94.1 Å². The number of nitrogens with zero attached hydrogens (tertiary/aromatic N) is 3. The summed E-state index contributed by atoms with van der Waals surface area (Å²) in [6.45, 7) is 5.11. The van der Waals surface area contributed by atoms with Crippen LogP contribution in [-0.4, -0.2) is 72.7 Å². The molecule has 2 bridgehead atoms. The van der Waals surface area contributed by atoms with E-state index in [0.29, 0.717) is 25.6 Å². The van der Waals surface area contributed by atoms with E-state index in [2.05, 4.69) is 27.8 Å². The second-order valence-corrected chi connectivity index (χ2v) is 8.04. The number of fused-ring (bicyclic) bond motifs is 5. The maximum absolute atomic E-state index is 12.7. The van der Waals surface area contributed by atoms with E-state index in [1.165, 1.54) is 4.90 Å². The lowest BCUT2D eigenvalue weighted by Crippen LogP contribution is -2.44. The molecule has 152 valence electrons. The first kappa shape index (κ1) is 19.0. The fourth-order valence-electron chi connectivity index (χ4n) is 5.03. The molecule has 2 saturated heterocycles. The van der Waals surface area contributed by atoms with Gasteiger partial charge in [0.15, 0.2) is 5.96 Å². The van der Waals surface area contributed by atoms with E-state index >= 15 is 0 Å². The average molecular weight is 387 g/mol. The normalized spacial score (nSPS) is 31.1. The van der Waals surface area contributed by atoms with Crippen molar-refractivity contribution in [3.63, 3.8) is 0 Å². The largest absolute Gasteiger partial charge is 0.357 e. The lowest BCUT2D eigenvalue weighted by Gasteiger charge is -2.19. The van der Waals surface area contributed by atoms with Crippen molar-refractivity contribution in [3.8, 4) is 0 Å². The number of allylic oxidation sites excluding steroid dienone is 2. The van der Waals surface area contributed by atoms with E-state index in [1.54, 1.807) is 0 Å². The predicted molar refractivity (Wildman–Crippen MR) is 104 cm³/mol. The molecule has 4 rings (SSSR count). The van der Waals surface area contributed by atoms with Crippen molar-refractivity contribution >= 4 is 23.7 Å². The van der Waals surface area contributed by atoms with Gasteiger partial charge in [0.05, 0.1) is 11.8 Å². The van der Waals surface area contributed by atoms with Crippen molar-refractivity contribution in [2.45, 2.75) is 26.2 Å². The van der Waals surface area contributed by atoms with Crippen LogP contribution in [0, 0.1) is 23.7 Å². The molecule has 3 fully saturated rings. The molecule has 8 heteroatoms. The van der Waals surface area contributed by atoms with Crippen LogP contribution in [0.3, 0.4) is 0 Å². The number of aliphatic imine (C=N–C) groups is 1. The van der Waals surface area contributed by atoms with Gasteiger partial charge in [-0.2, -0.15) is 0 Å². The fourth-order valence-corrected chi connectivity index (χ4v) is 5.03. The first-order chi connectivity index (χ1) is 13.6. The first-order valence-electron chi connectivity index (χ1n) is 10.4. The van der Waals surface area contributed by atoms with Crippen molar-refractivity contribution in [2.24, 2.45) is 28.7 Å². The molecule has 8 nitrogen and oxygen atoms in total. The number of likely N-dealkylation sites (tertiary alicyclic amines) is 2. The Kier molecular flexibility index (Phi) is 5.37. The molecule has 4 unspecified atom stereocenters. The van der Waals surface area contributed by atoms with Crippen LogP contribution in [0.2, 0.25) is 0 Å². The third-order valence-corrected chi connectivity index (χ3v) is 6.36. The Hall–Kier alpha value is -2.38. The fraction of sp³-hybridized carbons (Fsp3) is 0.700. The number of guanidine groups is 1. The van der Waals surface area contributed by atoms with Crippen molar-refractivity contribution in [3.05, 3.63) is 12.2 Å². The number of amides is 3. The second-order valence-electron chi connectivity index (χ2n) is 8.04. The molecule has 28 heavy (non-hydrogen) atoms. The molecule has 3 amide bonds. The minimum atomic E-state index is -0.150. The zero-order valence-corrected chi connectivity index (χ0v) is 16.4. The highest BCUT2D eigenvalue weighted by Crippen LogP contribution is 2.52. The first-order valence-corrected chi connectivity index (χ1v) is 10.4. The standard InChI is InChI=1S/C20H29N5O3/c1-2-21-20(23-12-15(26)24-8-3-4-9-24)22-7-10-25-18(27)16-13-5-6-14(11-13)17(16)19(25)28/h5-6,13-14,16-17H,2-4,7-12H2,1H3,(H2,21,22,23). The number of hydrogen-bond acceptors (Lipinski definition) is 4. The van der Waals surface area contributed by atoms with Gasteiger partial charge >= 0.3 is 0 Å². The summed E-state index contributed by atoms with van der Waals surface area (Å²) in [7, 11) is 0. The van der Waals surface area contributed by atoms with Crippen LogP contribution in [0.5, 0.6) is 0 Å². The minimum Gasteiger partial charge on any atom is -0.357 e. The van der Waals surface area contributed by atoms with Gasteiger partial charge in [0.1, 0.15) is 6.54 Å². The Balaban J connectivity index is 1.29. The van der Waals surface area contributed by atoms with E-state index in [1.807, 2.05) is 11.8 Å². The third-order valence-electron chi connectivity index (χ3n) is 6.36. The molecule has 2 N–H and O–H groups in total. The summed E-state index contributed by atoms with van der Waals surface area (Å²) in [4.78, 5) is 45.2. The smallest absolute Gasteiger partial charge is 0.244 e. The molecule has 0 aromatic carbocycles. The van der Waals surface area contributed by atoms with Crippen LogP contribution in [0.4, 0.5) is 0 Å². The number of nitrogens with one attached hydrogen (secondary N) is 2. The van der Waals surface area contributed by atoms with E-state index in [0.717, 1.165) is 32.4 Å². The molecule has 2 aliphatic heterocycles. The number of carbonyl (C=O) groups excluding carboxylic acids is 3. The van der Waals surface area contributed by atoms with Gasteiger partial charge in [-0.05, 0) is 38.0 Å². The number of carbonyl (C=O) groups is 3. The monoisotopic (exact) mass is 387 g/mol. The quantitative estimate of drug-likeness (QED) is 0.289. The van der Waals surface area contributed by atoms with Crippen LogP contribution in [0.1, 0.15) is 26.2 Å². The average Bonchev–Trinajstić information content (AvgIpc) is 3.46. The minimum absolute atomic E-state index is 0.0280. The molecular formula is C20H29N5O3. The second kappa shape index (κ2) is 7.93. The van der Waals surface area contributed by atoms with E-state index in [9.17, 15) is 14.4 Å². The summed E-state index contributed by atoms with van der Waals surface area (Å²) in [5.74, 6) is 0.691. The Morgan fingerprint density at radius 2 is 1.75 bits per heavy atom. The molecule has 2 aliphatic carbocycles. The lowest BCUT2D eigenvalue weighted by atomic mass is 9.85. The van der Waals surface area contributed by atoms with Crippen molar-refractivity contribution < 1.29 is 14.4 Å². The predicted octanol–water partition coefficient (Wildman–Crippen LogP) is -0.0290. The Morgan fingerprint density at radius 1 is 1.11 bits per heavy atom. The van der Waals surface area contributed by atoms with Crippen molar-refractivity contribution in [1.82, 2.24) is 20.4 Å². The molecule has 4 aliphatic rings. The number of hydrogen-bond donors (Lipinski definition) is 2. The zero-order valence-electron chi connectivity index (χ0n) is 16.4. The summed E-state index contributed by atoms with van der Waals surface area (Å²) in [6, 6.07) is 0. The highest BCUT2D eigenvalue weighted by Gasteiger charge is 2.58. The van der Waals surface area contributed by atoms with Gasteiger partial charge in [0.25, 0.3) is 0 Å². The van der Waals surface area contributed by atoms with Crippen LogP contribution in [0.15, 0.2) is 17.1 Å². The van der Waals surface area contributed by atoms with Gasteiger partial charge in [-0.25, -0.2) is 4.99 Å². The van der Waals surface area contributed by atoms with Gasteiger partial charge in [-0.1, -0.05) is 12.2 Å². The SMILES string of the molecule is CCNC(=NCC(=O)N1CCCC1)NCCN1C(=O)C2C3C=CC(C3)C2C1=O. The molecule has 0 radical (unpaired) electrons. The van der Waals surface area contributed by atoms with Crippen LogP contribution in [0.25, 0.3) is 0 Å². The van der Waals surface area contributed by atoms with Gasteiger partial charge in [-0.3, -0.25) is 19.3 Å². The van der Waals surface area contributed by atoms with Gasteiger partial charge in [-0.15, -0.1) is 0 Å². The molecule has 4 atom stereocenters. The lowest BCUT2D eigenvalue weighted by molar-refractivity contribution is -0.140. The zero-order chi connectivity index (χ0) is 19.7. The van der Waals surface area contributed by atoms with Gasteiger partial charge in [0, 0.05) is 32.7 Å². The van der Waals surface area contributed by atoms with E-state index in [4.69, 9.17) is 0 Å². The molecule has 0 aromatic heterocycles. The molecule has 0 spiro atoms. The Morgan fingerprint density at radius 3 is 2.36 bits per heavy atom. The number of rotatable bonds is 6. The van der Waals surface area contributed by atoms with Crippen LogP contribution >= 0.6 is 0 Å².